The predicted octanol–water partition coefficient (Wildman–Crippen LogP) is 4.12. The lowest BCUT2D eigenvalue weighted by molar-refractivity contribution is -0.384. The molecular weight excluding hydrogens is 342 g/mol. The summed E-state index contributed by atoms with van der Waals surface area (Å²) < 4.78 is 0. The Balaban J connectivity index is 1.28. The van der Waals surface area contributed by atoms with Crippen molar-refractivity contribution in [1.29, 1.82) is 0 Å². The number of anilines is 1. The minimum absolute atomic E-state index is 0.00986. The number of nitro benzene ring substituents is 1. The zero-order chi connectivity index (χ0) is 18.6. The summed E-state index contributed by atoms with van der Waals surface area (Å²) in [5.74, 6) is 2.36. The smallest absolute Gasteiger partial charge is 0.293 e. The first-order chi connectivity index (χ1) is 13.0. The lowest BCUT2D eigenvalue weighted by Crippen LogP contribution is -2.51. The van der Waals surface area contributed by atoms with E-state index in [-0.39, 0.29) is 17.0 Å². The Hall–Kier alpha value is -2.11. The van der Waals surface area contributed by atoms with Gasteiger partial charge in [-0.2, -0.15) is 0 Å². The van der Waals surface area contributed by atoms with Crippen LogP contribution in [0.15, 0.2) is 18.2 Å². The van der Waals surface area contributed by atoms with Crippen LogP contribution in [0.5, 0.6) is 0 Å². The molecule has 6 heteroatoms. The fourth-order valence-electron chi connectivity index (χ4n) is 6.27. The summed E-state index contributed by atoms with van der Waals surface area (Å²) in [6.07, 6.45) is 9.96. The number of nitrogens with one attached hydrogen (secondary N) is 2. The van der Waals surface area contributed by atoms with E-state index in [2.05, 4.69) is 10.6 Å². The maximum Gasteiger partial charge on any atom is 0.293 e. The van der Waals surface area contributed by atoms with Gasteiger partial charge in [-0.25, -0.2) is 0 Å². The van der Waals surface area contributed by atoms with E-state index in [0.717, 1.165) is 30.6 Å². The van der Waals surface area contributed by atoms with Crippen molar-refractivity contribution < 1.29 is 9.72 Å². The third-order valence-corrected chi connectivity index (χ3v) is 7.18. The van der Waals surface area contributed by atoms with Gasteiger partial charge in [0.05, 0.1) is 4.92 Å². The van der Waals surface area contributed by atoms with E-state index in [1.807, 2.05) is 0 Å². The molecule has 0 radical (unpaired) electrons. The number of hydrogen-bond acceptors (Lipinski definition) is 4. The topological polar surface area (TPSA) is 84.3 Å². The molecule has 0 unspecified atom stereocenters. The van der Waals surface area contributed by atoms with Crippen molar-refractivity contribution in [2.45, 2.75) is 57.4 Å². The number of amides is 1. The van der Waals surface area contributed by atoms with Gasteiger partial charge in [0.2, 0.25) is 0 Å². The quantitative estimate of drug-likeness (QED) is 0.584. The second-order valence-electron chi connectivity index (χ2n) is 9.51. The molecule has 1 aromatic carbocycles. The van der Waals surface area contributed by atoms with Crippen LogP contribution in [0.4, 0.5) is 11.4 Å². The Labute approximate surface area is 159 Å². The first-order valence-electron chi connectivity index (χ1n) is 10.3. The molecule has 5 aliphatic carbocycles. The van der Waals surface area contributed by atoms with Crippen LogP contribution in [-0.2, 0) is 0 Å². The van der Waals surface area contributed by atoms with Gasteiger partial charge in [0.25, 0.3) is 11.6 Å². The van der Waals surface area contributed by atoms with Crippen molar-refractivity contribution in [3.8, 4) is 0 Å². The van der Waals surface area contributed by atoms with Crippen molar-refractivity contribution in [2.24, 2.45) is 23.2 Å². The van der Waals surface area contributed by atoms with Gasteiger partial charge in [0.1, 0.15) is 5.69 Å². The fourth-order valence-corrected chi connectivity index (χ4v) is 6.27. The molecule has 0 saturated heterocycles. The van der Waals surface area contributed by atoms with E-state index < -0.39 is 4.92 Å². The Kier molecular flexibility index (Phi) is 3.92. The molecule has 27 heavy (non-hydrogen) atoms. The molecule has 1 aromatic rings. The molecule has 5 aliphatic rings. The number of carbonyl (C=O) groups excluding carboxylic acids is 1. The molecule has 6 rings (SSSR count). The number of nitrogens with zero attached hydrogens (tertiary/aromatic N) is 1. The number of carbonyl (C=O) groups is 1. The summed E-state index contributed by atoms with van der Waals surface area (Å²) >= 11 is 0. The highest BCUT2D eigenvalue weighted by Crippen LogP contribution is 2.59. The Morgan fingerprint density at radius 1 is 1.11 bits per heavy atom. The van der Waals surface area contributed by atoms with Crippen LogP contribution in [0.1, 0.15) is 61.7 Å². The van der Waals surface area contributed by atoms with Crippen LogP contribution >= 0.6 is 0 Å². The highest BCUT2D eigenvalue weighted by molar-refractivity contribution is 5.95. The number of hydrogen-bond donors (Lipinski definition) is 2. The lowest BCUT2D eigenvalue weighted by Gasteiger charge is -2.56. The molecule has 6 nitrogen and oxygen atoms in total. The van der Waals surface area contributed by atoms with Gasteiger partial charge in [-0.1, -0.05) is 0 Å². The fraction of sp³-hybridized carbons (Fsp3) is 0.667. The van der Waals surface area contributed by atoms with Crippen LogP contribution in [0.2, 0.25) is 0 Å². The van der Waals surface area contributed by atoms with Gasteiger partial charge in [0.15, 0.2) is 0 Å². The van der Waals surface area contributed by atoms with Gasteiger partial charge in [-0.15, -0.1) is 0 Å². The average molecular weight is 369 g/mol. The maximum atomic E-state index is 12.7. The van der Waals surface area contributed by atoms with Gasteiger partial charge in [-0.3, -0.25) is 14.9 Å². The van der Waals surface area contributed by atoms with Crippen LogP contribution in [0.25, 0.3) is 0 Å². The van der Waals surface area contributed by atoms with E-state index in [0.29, 0.717) is 23.8 Å². The Morgan fingerprint density at radius 3 is 2.30 bits per heavy atom. The maximum absolute atomic E-state index is 12.7. The van der Waals surface area contributed by atoms with Crippen molar-refractivity contribution in [3.05, 3.63) is 33.9 Å². The minimum Gasteiger partial charge on any atom is -0.377 e. The molecule has 0 aromatic heterocycles. The number of nitro groups is 1. The molecular formula is C21H27N3O3. The SMILES string of the molecule is O=C(NCC12CC3CC(CC(C3)C1)C2)c1ccc(NC2CC2)c([N+](=O)[O-])c1. The van der Waals surface area contributed by atoms with Crippen LogP contribution in [0, 0.1) is 33.3 Å². The molecule has 4 bridgehead atoms. The van der Waals surface area contributed by atoms with E-state index in [9.17, 15) is 14.9 Å². The van der Waals surface area contributed by atoms with Gasteiger partial charge in [-0.05, 0) is 86.7 Å². The highest BCUT2D eigenvalue weighted by atomic mass is 16.6. The molecule has 2 N–H and O–H groups in total. The average Bonchev–Trinajstić information content (AvgIpc) is 3.43. The molecule has 0 atom stereocenters. The van der Waals surface area contributed by atoms with E-state index in [4.69, 9.17) is 0 Å². The van der Waals surface area contributed by atoms with Crippen LogP contribution in [0.3, 0.4) is 0 Å². The first-order valence-corrected chi connectivity index (χ1v) is 10.3. The van der Waals surface area contributed by atoms with Gasteiger partial charge in [0, 0.05) is 24.2 Å². The third kappa shape index (κ3) is 3.30. The second-order valence-corrected chi connectivity index (χ2v) is 9.51. The summed E-state index contributed by atoms with van der Waals surface area (Å²) in [4.78, 5) is 23.7. The summed E-state index contributed by atoms with van der Waals surface area (Å²) in [7, 11) is 0. The molecule has 144 valence electrons. The molecule has 0 aliphatic heterocycles. The molecule has 0 spiro atoms. The van der Waals surface area contributed by atoms with Crippen LogP contribution in [-0.4, -0.2) is 23.4 Å². The molecule has 5 fully saturated rings. The Morgan fingerprint density at radius 2 is 1.74 bits per heavy atom. The monoisotopic (exact) mass is 369 g/mol. The highest BCUT2D eigenvalue weighted by Gasteiger charge is 2.50. The summed E-state index contributed by atoms with van der Waals surface area (Å²) in [6, 6.07) is 5.13. The third-order valence-electron chi connectivity index (χ3n) is 7.18. The molecule has 1 amide bonds. The van der Waals surface area contributed by atoms with Gasteiger partial charge >= 0.3 is 0 Å². The van der Waals surface area contributed by atoms with Crippen molar-refractivity contribution in [1.82, 2.24) is 5.32 Å². The van der Waals surface area contributed by atoms with Crippen molar-refractivity contribution in [2.75, 3.05) is 11.9 Å². The van der Waals surface area contributed by atoms with E-state index in [1.165, 1.54) is 44.6 Å². The zero-order valence-electron chi connectivity index (χ0n) is 15.6. The van der Waals surface area contributed by atoms with E-state index >= 15 is 0 Å². The summed E-state index contributed by atoms with van der Waals surface area (Å²) in [5, 5.41) is 17.7. The van der Waals surface area contributed by atoms with E-state index in [1.54, 1.807) is 12.1 Å². The van der Waals surface area contributed by atoms with Crippen molar-refractivity contribution >= 4 is 17.3 Å². The van der Waals surface area contributed by atoms with Crippen molar-refractivity contribution in [3.63, 3.8) is 0 Å². The molecule has 5 saturated carbocycles. The van der Waals surface area contributed by atoms with Gasteiger partial charge < -0.3 is 10.6 Å². The lowest BCUT2D eigenvalue weighted by atomic mass is 9.49. The molecule has 0 heterocycles. The standard InChI is InChI=1S/C21H27N3O3/c25-20(16-1-4-18(23-17-2-3-17)19(8-16)24(26)27)22-12-21-9-13-5-14(10-21)7-15(6-13)11-21/h1,4,8,13-15,17,23H,2-3,5-7,9-12H2,(H,22,25). The number of benzene rings is 1. The summed E-state index contributed by atoms with van der Waals surface area (Å²) in [5.41, 5.74) is 1.15. The minimum atomic E-state index is -0.402. The van der Waals surface area contributed by atoms with Crippen LogP contribution < -0.4 is 10.6 Å². The largest absolute Gasteiger partial charge is 0.377 e. The first kappa shape index (κ1) is 17.0. The number of rotatable bonds is 6. The second kappa shape index (κ2) is 6.21. The predicted molar refractivity (Wildman–Crippen MR) is 103 cm³/mol. The summed E-state index contributed by atoms with van der Waals surface area (Å²) in [6.45, 7) is 0.713. The normalized spacial score (nSPS) is 33.7. The zero-order valence-corrected chi connectivity index (χ0v) is 15.6. The Bertz CT molecular complexity index is 752.